The van der Waals surface area contributed by atoms with E-state index < -0.39 is 0 Å². The highest BCUT2D eigenvalue weighted by atomic mass is 32.1. The second kappa shape index (κ2) is 3.99. The van der Waals surface area contributed by atoms with Crippen LogP contribution in [0.15, 0.2) is 0 Å². The van der Waals surface area contributed by atoms with Crippen molar-refractivity contribution in [2.45, 2.75) is 45.6 Å². The van der Waals surface area contributed by atoms with Crippen molar-refractivity contribution in [3.63, 3.8) is 0 Å². The van der Waals surface area contributed by atoms with Gasteiger partial charge >= 0.3 is 0 Å². The van der Waals surface area contributed by atoms with Gasteiger partial charge in [0, 0.05) is 29.8 Å². The number of hydrogen-bond acceptors (Lipinski definition) is 3. The van der Waals surface area contributed by atoms with Gasteiger partial charge in [0.1, 0.15) is 0 Å². The summed E-state index contributed by atoms with van der Waals surface area (Å²) in [5.74, 6) is 0.572. The lowest BCUT2D eigenvalue weighted by Gasteiger charge is -2.21. The van der Waals surface area contributed by atoms with Crippen LogP contribution in [0.2, 0.25) is 0 Å². The van der Waals surface area contributed by atoms with E-state index in [2.05, 4.69) is 26.1 Å². The van der Waals surface area contributed by atoms with Gasteiger partial charge in [0.2, 0.25) is 0 Å². The number of hydrogen-bond donors (Lipinski definition) is 1. The number of thiazole rings is 1. The molecule has 0 fully saturated rings. The average molecular weight is 210 g/mol. The van der Waals surface area contributed by atoms with Crippen LogP contribution in [0.25, 0.3) is 0 Å². The van der Waals surface area contributed by atoms with Gasteiger partial charge in [-0.2, -0.15) is 0 Å². The summed E-state index contributed by atoms with van der Waals surface area (Å²) in [7, 11) is 0. The van der Waals surface area contributed by atoms with Crippen LogP contribution in [0.4, 0.5) is 0 Å². The zero-order chi connectivity index (χ0) is 10.1. The topological polar surface area (TPSA) is 24.9 Å². The molecule has 0 saturated heterocycles. The first-order valence-electron chi connectivity index (χ1n) is 5.45. The maximum absolute atomic E-state index is 4.73. The number of nitrogens with one attached hydrogen (secondary N) is 1. The molecule has 0 amide bonds. The van der Waals surface area contributed by atoms with E-state index in [0.29, 0.717) is 12.0 Å². The Kier molecular flexibility index (Phi) is 2.88. The average Bonchev–Trinajstić information content (AvgIpc) is 2.60. The molecule has 0 saturated carbocycles. The fourth-order valence-corrected chi connectivity index (χ4v) is 3.14. The maximum Gasteiger partial charge on any atom is 0.0957 e. The Morgan fingerprint density at radius 1 is 1.57 bits per heavy atom. The summed E-state index contributed by atoms with van der Waals surface area (Å²) in [5.41, 5.74) is 1.35. The van der Waals surface area contributed by atoms with Crippen molar-refractivity contribution in [1.82, 2.24) is 10.3 Å². The second-order valence-electron chi connectivity index (χ2n) is 4.18. The van der Waals surface area contributed by atoms with E-state index in [-0.39, 0.29) is 0 Å². The van der Waals surface area contributed by atoms with Crippen molar-refractivity contribution in [2.24, 2.45) is 0 Å². The number of fused-ring (bicyclic) bond motifs is 1. The predicted molar refractivity (Wildman–Crippen MR) is 60.9 cm³/mol. The Labute approximate surface area is 89.8 Å². The molecular formula is C11H18N2S. The highest BCUT2D eigenvalue weighted by Gasteiger charge is 2.23. The third-order valence-corrected chi connectivity index (χ3v) is 4.23. The summed E-state index contributed by atoms with van der Waals surface area (Å²) >= 11 is 1.90. The largest absolute Gasteiger partial charge is 0.309 e. The highest BCUT2D eigenvalue weighted by molar-refractivity contribution is 7.12. The normalized spacial score (nSPS) is 21.3. The lowest BCUT2D eigenvalue weighted by atomic mass is 10.1. The van der Waals surface area contributed by atoms with E-state index in [4.69, 9.17) is 4.98 Å². The fraction of sp³-hybridized carbons (Fsp3) is 0.727. The van der Waals surface area contributed by atoms with Crippen molar-refractivity contribution in [3.8, 4) is 0 Å². The molecule has 3 heteroatoms. The molecule has 0 bridgehead atoms. The van der Waals surface area contributed by atoms with Gasteiger partial charge in [-0.15, -0.1) is 11.3 Å². The molecule has 2 rings (SSSR count). The molecule has 2 nitrogen and oxygen atoms in total. The number of rotatable bonds is 2. The zero-order valence-electron chi connectivity index (χ0n) is 9.13. The van der Waals surface area contributed by atoms with E-state index in [1.54, 1.807) is 0 Å². The lowest BCUT2D eigenvalue weighted by molar-refractivity contribution is 0.496. The van der Waals surface area contributed by atoms with E-state index in [1.807, 2.05) is 11.3 Å². The van der Waals surface area contributed by atoms with E-state index in [9.17, 15) is 0 Å². The van der Waals surface area contributed by atoms with Crippen LogP contribution < -0.4 is 5.32 Å². The predicted octanol–water partition coefficient (Wildman–Crippen LogP) is 2.86. The summed E-state index contributed by atoms with van der Waals surface area (Å²) in [6.45, 7) is 7.77. The molecule has 78 valence electrons. The van der Waals surface area contributed by atoms with Crippen LogP contribution in [0.1, 0.15) is 54.7 Å². The van der Waals surface area contributed by atoms with E-state index in [1.165, 1.54) is 22.0 Å². The van der Waals surface area contributed by atoms with Crippen molar-refractivity contribution in [3.05, 3.63) is 15.6 Å². The summed E-state index contributed by atoms with van der Waals surface area (Å²) in [5, 5.41) is 4.85. The molecule has 14 heavy (non-hydrogen) atoms. The van der Waals surface area contributed by atoms with Gasteiger partial charge in [-0.3, -0.25) is 0 Å². The monoisotopic (exact) mass is 210 g/mol. The molecule has 0 aromatic carbocycles. The first-order chi connectivity index (χ1) is 6.72. The Bertz CT molecular complexity index is 317. The van der Waals surface area contributed by atoms with Crippen LogP contribution >= 0.6 is 11.3 Å². The van der Waals surface area contributed by atoms with Crippen molar-refractivity contribution < 1.29 is 0 Å². The SMILES string of the molecule is CCC1NCCc2nc(C(C)C)sc21. The minimum absolute atomic E-state index is 0.559. The highest BCUT2D eigenvalue weighted by Crippen LogP contribution is 2.33. The number of nitrogens with zero attached hydrogens (tertiary/aromatic N) is 1. The van der Waals surface area contributed by atoms with E-state index in [0.717, 1.165) is 13.0 Å². The van der Waals surface area contributed by atoms with Crippen LogP contribution in [0, 0.1) is 0 Å². The maximum atomic E-state index is 4.73. The van der Waals surface area contributed by atoms with Gasteiger partial charge in [-0.1, -0.05) is 20.8 Å². The molecule has 0 radical (unpaired) electrons. The van der Waals surface area contributed by atoms with Crippen LogP contribution in [0.3, 0.4) is 0 Å². The molecule has 2 heterocycles. The summed E-state index contributed by atoms with van der Waals surface area (Å²) in [4.78, 5) is 6.22. The Morgan fingerprint density at radius 2 is 2.36 bits per heavy atom. The molecule has 0 spiro atoms. The Morgan fingerprint density at radius 3 is 3.00 bits per heavy atom. The Balaban J connectivity index is 2.33. The first-order valence-corrected chi connectivity index (χ1v) is 6.27. The third kappa shape index (κ3) is 1.71. The third-order valence-electron chi connectivity index (χ3n) is 2.72. The molecule has 1 N–H and O–H groups in total. The van der Waals surface area contributed by atoms with Gasteiger partial charge in [-0.25, -0.2) is 4.98 Å². The quantitative estimate of drug-likeness (QED) is 0.812. The molecule has 1 aromatic heterocycles. The van der Waals surface area contributed by atoms with Crippen LogP contribution in [0.5, 0.6) is 0 Å². The smallest absolute Gasteiger partial charge is 0.0957 e. The minimum Gasteiger partial charge on any atom is -0.309 e. The fourth-order valence-electron chi connectivity index (χ4n) is 1.87. The van der Waals surface area contributed by atoms with Gasteiger partial charge in [0.05, 0.1) is 10.7 Å². The van der Waals surface area contributed by atoms with Gasteiger partial charge in [0.25, 0.3) is 0 Å². The molecule has 1 aliphatic heterocycles. The summed E-state index contributed by atoms with van der Waals surface area (Å²) < 4.78 is 0. The van der Waals surface area contributed by atoms with Gasteiger partial charge in [-0.05, 0) is 6.42 Å². The number of aromatic nitrogens is 1. The summed E-state index contributed by atoms with van der Waals surface area (Å²) in [6, 6.07) is 0.559. The molecule has 1 unspecified atom stereocenters. The zero-order valence-corrected chi connectivity index (χ0v) is 9.95. The first kappa shape index (κ1) is 10.1. The molecule has 1 aliphatic rings. The Hall–Kier alpha value is -0.410. The lowest BCUT2D eigenvalue weighted by Crippen LogP contribution is -2.28. The molecule has 0 aliphatic carbocycles. The molecular weight excluding hydrogens is 192 g/mol. The second-order valence-corrected chi connectivity index (χ2v) is 5.24. The van der Waals surface area contributed by atoms with Gasteiger partial charge in [0.15, 0.2) is 0 Å². The van der Waals surface area contributed by atoms with Crippen LogP contribution in [-0.2, 0) is 6.42 Å². The molecule has 1 aromatic rings. The van der Waals surface area contributed by atoms with Crippen molar-refractivity contribution >= 4 is 11.3 Å². The van der Waals surface area contributed by atoms with Crippen LogP contribution in [-0.4, -0.2) is 11.5 Å². The molecule has 1 atom stereocenters. The van der Waals surface area contributed by atoms with E-state index >= 15 is 0 Å². The standard InChI is InChI=1S/C11H18N2S/c1-4-8-10-9(5-6-12-8)13-11(14-10)7(2)3/h7-8,12H,4-6H2,1-3H3. The minimum atomic E-state index is 0.559. The van der Waals surface area contributed by atoms with Crippen molar-refractivity contribution in [1.29, 1.82) is 0 Å². The van der Waals surface area contributed by atoms with Crippen molar-refractivity contribution in [2.75, 3.05) is 6.54 Å². The van der Waals surface area contributed by atoms with Gasteiger partial charge < -0.3 is 5.32 Å². The summed E-state index contributed by atoms with van der Waals surface area (Å²) in [6.07, 6.45) is 2.28.